The number of rotatable bonds is 6. The number of benzene rings is 2. The van der Waals surface area contributed by atoms with E-state index in [1.165, 1.54) is 0 Å². The molecule has 0 unspecified atom stereocenters. The van der Waals surface area contributed by atoms with Crippen LogP contribution in [-0.4, -0.2) is 19.6 Å². The molecule has 0 saturated carbocycles. The van der Waals surface area contributed by atoms with Gasteiger partial charge in [0, 0.05) is 24.1 Å². The first-order chi connectivity index (χ1) is 14.7. The summed E-state index contributed by atoms with van der Waals surface area (Å²) in [4.78, 5) is 17.1. The number of aromatic nitrogens is 4. The second-order valence-corrected chi connectivity index (χ2v) is 7.28. The van der Waals surface area contributed by atoms with Crippen molar-refractivity contribution in [1.82, 2.24) is 19.6 Å². The van der Waals surface area contributed by atoms with E-state index in [1.54, 1.807) is 4.40 Å². The van der Waals surface area contributed by atoms with Gasteiger partial charge in [-0.3, -0.25) is 0 Å². The van der Waals surface area contributed by atoms with Gasteiger partial charge in [0.15, 0.2) is 5.65 Å². The second kappa shape index (κ2) is 8.34. The molecule has 6 heteroatoms. The fourth-order valence-corrected chi connectivity index (χ4v) is 3.84. The van der Waals surface area contributed by atoms with Gasteiger partial charge in [0.1, 0.15) is 5.82 Å². The van der Waals surface area contributed by atoms with E-state index in [-0.39, 0.29) is 5.69 Å². The van der Waals surface area contributed by atoms with Gasteiger partial charge < -0.3 is 0 Å². The van der Waals surface area contributed by atoms with Gasteiger partial charge in [-0.05, 0) is 29.2 Å². The summed E-state index contributed by atoms with van der Waals surface area (Å²) in [5.74, 6) is 0.736. The van der Waals surface area contributed by atoms with Crippen LogP contribution in [0.3, 0.4) is 0 Å². The number of nitriles is 1. The maximum absolute atomic E-state index is 12.3. The van der Waals surface area contributed by atoms with Crippen LogP contribution in [0.1, 0.15) is 48.5 Å². The summed E-state index contributed by atoms with van der Waals surface area (Å²) >= 11 is 0. The first-order valence-electron chi connectivity index (χ1n) is 10.2. The number of hydrogen-bond acceptors (Lipinski definition) is 4. The molecule has 2 heterocycles. The van der Waals surface area contributed by atoms with Gasteiger partial charge in [-0.2, -0.15) is 10.4 Å². The monoisotopic (exact) mass is 397 g/mol. The molecule has 2 aromatic carbocycles. The molecule has 0 radical (unpaired) electrons. The van der Waals surface area contributed by atoms with Gasteiger partial charge in [0.25, 0.3) is 0 Å². The molecular formula is C24H23N5O. The molecule has 30 heavy (non-hydrogen) atoms. The Morgan fingerprint density at radius 1 is 1.10 bits per heavy atom. The topological polar surface area (TPSA) is 86.8 Å². The predicted molar refractivity (Wildman–Crippen MR) is 116 cm³/mol. The predicted octanol–water partition coefficient (Wildman–Crippen LogP) is 4.06. The van der Waals surface area contributed by atoms with E-state index >= 15 is 0 Å². The van der Waals surface area contributed by atoms with Crippen molar-refractivity contribution in [1.29, 1.82) is 5.26 Å². The molecule has 0 bridgehead atoms. The lowest BCUT2D eigenvalue weighted by molar-refractivity contribution is 0.791. The normalized spacial score (nSPS) is 11.0. The van der Waals surface area contributed by atoms with Crippen LogP contribution in [0.4, 0.5) is 0 Å². The van der Waals surface area contributed by atoms with Crippen LogP contribution in [0.5, 0.6) is 0 Å². The maximum atomic E-state index is 12.3. The lowest BCUT2D eigenvalue weighted by Gasteiger charge is -2.13. The Bertz CT molecular complexity index is 1290. The SMILES string of the molecule is CCCc1nc(CC)n2c(=O)[nH]nc2c1Cc1ccc(-c2ccccc2C#N)cc1. The molecule has 4 rings (SSSR count). The van der Waals surface area contributed by atoms with Gasteiger partial charge >= 0.3 is 5.69 Å². The third-order valence-corrected chi connectivity index (χ3v) is 5.31. The van der Waals surface area contributed by atoms with Gasteiger partial charge in [0.2, 0.25) is 0 Å². The van der Waals surface area contributed by atoms with Crippen molar-refractivity contribution in [2.24, 2.45) is 0 Å². The molecule has 150 valence electrons. The van der Waals surface area contributed by atoms with Crippen molar-refractivity contribution < 1.29 is 0 Å². The lowest BCUT2D eigenvalue weighted by atomic mass is 9.97. The first kappa shape index (κ1) is 19.6. The molecule has 1 N–H and O–H groups in total. The van der Waals surface area contributed by atoms with E-state index in [0.29, 0.717) is 24.1 Å². The molecule has 2 aromatic heterocycles. The summed E-state index contributed by atoms with van der Waals surface area (Å²) in [6, 6.07) is 18.0. The number of aryl methyl sites for hydroxylation is 2. The smallest absolute Gasteiger partial charge is 0.246 e. The van der Waals surface area contributed by atoms with Crippen LogP contribution < -0.4 is 5.69 Å². The molecule has 0 fully saturated rings. The second-order valence-electron chi connectivity index (χ2n) is 7.28. The highest BCUT2D eigenvalue weighted by atomic mass is 16.1. The van der Waals surface area contributed by atoms with Crippen LogP contribution >= 0.6 is 0 Å². The number of H-pyrrole nitrogens is 1. The Labute approximate surface area is 174 Å². The van der Waals surface area contributed by atoms with Gasteiger partial charge in [-0.15, -0.1) is 0 Å². The zero-order valence-corrected chi connectivity index (χ0v) is 17.1. The van der Waals surface area contributed by atoms with Crippen LogP contribution in [0.2, 0.25) is 0 Å². The number of nitrogens with one attached hydrogen (secondary N) is 1. The largest absolute Gasteiger partial charge is 0.349 e. The summed E-state index contributed by atoms with van der Waals surface area (Å²) in [5, 5.41) is 16.2. The van der Waals surface area contributed by atoms with Crippen molar-refractivity contribution in [2.75, 3.05) is 0 Å². The average molecular weight is 397 g/mol. The van der Waals surface area contributed by atoms with Crippen LogP contribution in [0.25, 0.3) is 16.8 Å². The molecule has 0 spiro atoms. The molecule has 6 nitrogen and oxygen atoms in total. The van der Waals surface area contributed by atoms with E-state index in [2.05, 4.69) is 35.3 Å². The van der Waals surface area contributed by atoms with Crippen molar-refractivity contribution in [3.63, 3.8) is 0 Å². The first-order valence-corrected chi connectivity index (χ1v) is 10.2. The summed E-state index contributed by atoms with van der Waals surface area (Å²) in [6.45, 7) is 4.12. The molecule has 0 aliphatic carbocycles. The Hall–Kier alpha value is -3.72. The maximum Gasteiger partial charge on any atom is 0.349 e. The van der Waals surface area contributed by atoms with E-state index in [9.17, 15) is 10.1 Å². The highest BCUT2D eigenvalue weighted by Crippen LogP contribution is 2.25. The molecule has 0 saturated heterocycles. The summed E-state index contributed by atoms with van der Waals surface area (Å²) in [7, 11) is 0. The zero-order valence-electron chi connectivity index (χ0n) is 17.1. The fourth-order valence-electron chi connectivity index (χ4n) is 3.84. The molecule has 0 atom stereocenters. The number of fused-ring (bicyclic) bond motifs is 1. The van der Waals surface area contributed by atoms with Crippen LogP contribution in [0.15, 0.2) is 53.3 Å². The van der Waals surface area contributed by atoms with Crippen molar-refractivity contribution in [3.8, 4) is 17.2 Å². The minimum atomic E-state index is -0.248. The Morgan fingerprint density at radius 3 is 2.57 bits per heavy atom. The average Bonchev–Trinajstić information content (AvgIpc) is 3.17. The Kier molecular flexibility index (Phi) is 5.44. The summed E-state index contributed by atoms with van der Waals surface area (Å²) < 4.78 is 1.59. The van der Waals surface area contributed by atoms with E-state index < -0.39 is 0 Å². The van der Waals surface area contributed by atoms with E-state index in [4.69, 9.17) is 4.98 Å². The minimum absolute atomic E-state index is 0.248. The van der Waals surface area contributed by atoms with E-state index in [1.807, 2.05) is 43.3 Å². The summed E-state index contributed by atoms with van der Waals surface area (Å²) in [6.07, 6.45) is 3.12. The van der Waals surface area contributed by atoms with E-state index in [0.717, 1.165) is 46.6 Å². The molecule has 0 amide bonds. The molecule has 0 aliphatic heterocycles. The summed E-state index contributed by atoms with van der Waals surface area (Å²) in [5.41, 5.74) is 6.09. The third-order valence-electron chi connectivity index (χ3n) is 5.31. The van der Waals surface area contributed by atoms with Crippen molar-refractivity contribution in [3.05, 3.63) is 87.2 Å². The minimum Gasteiger partial charge on any atom is -0.246 e. The van der Waals surface area contributed by atoms with Crippen molar-refractivity contribution in [2.45, 2.75) is 39.5 Å². The molecule has 0 aliphatic rings. The van der Waals surface area contributed by atoms with Gasteiger partial charge in [-0.1, -0.05) is 62.7 Å². The Morgan fingerprint density at radius 2 is 1.87 bits per heavy atom. The zero-order chi connectivity index (χ0) is 21.1. The Balaban J connectivity index is 1.75. The lowest BCUT2D eigenvalue weighted by Crippen LogP contribution is -2.17. The highest BCUT2D eigenvalue weighted by Gasteiger charge is 2.17. The van der Waals surface area contributed by atoms with Crippen LogP contribution in [0, 0.1) is 11.3 Å². The quantitative estimate of drug-likeness (QED) is 0.531. The fraction of sp³-hybridized carbons (Fsp3) is 0.250. The van der Waals surface area contributed by atoms with Gasteiger partial charge in [0.05, 0.1) is 11.6 Å². The molecule has 4 aromatic rings. The number of aromatic amines is 1. The number of hydrogen-bond donors (Lipinski definition) is 1. The third kappa shape index (κ3) is 3.50. The highest BCUT2D eigenvalue weighted by molar-refractivity contribution is 5.70. The molecular weight excluding hydrogens is 374 g/mol. The van der Waals surface area contributed by atoms with Gasteiger partial charge in [-0.25, -0.2) is 19.3 Å². The van der Waals surface area contributed by atoms with Crippen LogP contribution in [-0.2, 0) is 19.3 Å². The van der Waals surface area contributed by atoms with Crippen molar-refractivity contribution >= 4 is 5.65 Å². The standard InChI is InChI=1S/C24H23N5O/c1-3-7-21-20(23-27-28-24(30)29(23)22(4-2)26-21)14-16-10-12-17(13-11-16)19-9-6-5-8-18(19)15-25/h5-6,8-13H,3-4,7,14H2,1-2H3,(H,28,30). The number of nitrogens with zero attached hydrogens (tertiary/aromatic N) is 4.